The molecule has 0 aliphatic carbocycles. The summed E-state index contributed by atoms with van der Waals surface area (Å²) >= 11 is 0. The molecule has 1 atom stereocenters. The Morgan fingerprint density at radius 1 is 1.05 bits per heavy atom. The lowest BCUT2D eigenvalue weighted by molar-refractivity contribution is -0.322. The number of nitrogens with one attached hydrogen (secondary N) is 1. The van der Waals surface area contributed by atoms with Gasteiger partial charge >= 0.3 is 0 Å². The number of ether oxygens (including phenoxy) is 2. The zero-order valence-electron chi connectivity index (χ0n) is 12.5. The maximum Gasteiger partial charge on any atom is 0.210 e. The third kappa shape index (κ3) is 2.62. The summed E-state index contributed by atoms with van der Waals surface area (Å²) in [6.07, 6.45) is 3.59. The molecule has 3 heteroatoms. The second-order valence-electron chi connectivity index (χ2n) is 6.78. The highest BCUT2D eigenvalue weighted by molar-refractivity contribution is 5.23. The molecule has 1 N–H and O–H groups in total. The van der Waals surface area contributed by atoms with Crippen molar-refractivity contribution >= 4 is 0 Å². The van der Waals surface area contributed by atoms with Crippen LogP contribution in [0.25, 0.3) is 0 Å². The van der Waals surface area contributed by atoms with Crippen LogP contribution in [0.15, 0.2) is 30.3 Å². The second-order valence-corrected chi connectivity index (χ2v) is 6.78. The van der Waals surface area contributed by atoms with E-state index in [0.717, 1.165) is 31.7 Å². The smallest absolute Gasteiger partial charge is 0.210 e. The number of hydrogen-bond donors (Lipinski definition) is 1. The van der Waals surface area contributed by atoms with Crippen LogP contribution >= 0.6 is 0 Å². The van der Waals surface area contributed by atoms with E-state index in [0.29, 0.717) is 0 Å². The van der Waals surface area contributed by atoms with Crippen molar-refractivity contribution in [1.82, 2.24) is 5.32 Å². The van der Waals surface area contributed by atoms with Crippen LogP contribution in [-0.4, -0.2) is 25.8 Å². The van der Waals surface area contributed by atoms with Gasteiger partial charge < -0.3 is 14.8 Å². The van der Waals surface area contributed by atoms with Gasteiger partial charge in [-0.25, -0.2) is 0 Å². The average molecular weight is 275 g/mol. The molecule has 20 heavy (non-hydrogen) atoms. The van der Waals surface area contributed by atoms with E-state index in [2.05, 4.69) is 43.4 Å². The Hall–Kier alpha value is -0.900. The van der Waals surface area contributed by atoms with Gasteiger partial charge in [0.2, 0.25) is 5.79 Å². The van der Waals surface area contributed by atoms with Gasteiger partial charge in [-0.1, -0.05) is 50.6 Å². The molecule has 0 unspecified atom stereocenters. The van der Waals surface area contributed by atoms with Gasteiger partial charge in [0.15, 0.2) is 0 Å². The maximum absolute atomic E-state index is 6.32. The molecule has 110 valence electrons. The molecular weight excluding hydrogens is 250 g/mol. The Balaban J connectivity index is 1.91. The van der Waals surface area contributed by atoms with Crippen molar-refractivity contribution in [3.63, 3.8) is 0 Å². The summed E-state index contributed by atoms with van der Waals surface area (Å²) in [4.78, 5) is 0. The van der Waals surface area contributed by atoms with E-state index in [1.807, 2.05) is 6.07 Å². The Morgan fingerprint density at radius 3 is 2.35 bits per heavy atom. The summed E-state index contributed by atoms with van der Waals surface area (Å²) in [5, 5.41) is 3.61. The van der Waals surface area contributed by atoms with Gasteiger partial charge in [0.1, 0.15) is 0 Å². The van der Waals surface area contributed by atoms with Gasteiger partial charge in [0, 0.05) is 11.0 Å². The number of hydrogen-bond acceptors (Lipinski definition) is 3. The van der Waals surface area contributed by atoms with Crippen LogP contribution < -0.4 is 5.32 Å². The largest absolute Gasteiger partial charge is 0.344 e. The molecule has 0 saturated carbocycles. The zero-order valence-corrected chi connectivity index (χ0v) is 12.5. The van der Waals surface area contributed by atoms with E-state index in [1.54, 1.807) is 0 Å². The van der Waals surface area contributed by atoms with Crippen molar-refractivity contribution in [1.29, 1.82) is 0 Å². The third-order valence-corrected chi connectivity index (χ3v) is 4.30. The van der Waals surface area contributed by atoms with Crippen LogP contribution in [-0.2, 0) is 15.3 Å². The van der Waals surface area contributed by atoms with Gasteiger partial charge in [0.05, 0.1) is 19.3 Å². The van der Waals surface area contributed by atoms with Crippen LogP contribution in [0.2, 0.25) is 0 Å². The molecule has 0 amide bonds. The van der Waals surface area contributed by atoms with E-state index in [1.165, 1.54) is 12.8 Å². The topological polar surface area (TPSA) is 30.5 Å². The molecule has 0 aromatic heterocycles. The molecule has 1 aromatic rings. The molecule has 2 heterocycles. The molecule has 3 nitrogen and oxygen atoms in total. The predicted octanol–water partition coefficient (Wildman–Crippen LogP) is 3.05. The Labute approximate surface area is 121 Å². The first kappa shape index (κ1) is 14.1. The fourth-order valence-electron chi connectivity index (χ4n) is 3.10. The standard InChI is InChI=1S/C17H25NO2/c1-16(2)12-19-17(20-13-16,14-8-4-3-5-9-14)15-10-6-7-11-18-15/h3-5,8-9,15,18H,6-7,10-13H2,1-2H3/t15-/m0/s1. The molecule has 2 aliphatic rings. The fraction of sp³-hybridized carbons (Fsp3) is 0.647. The van der Waals surface area contributed by atoms with Crippen LogP contribution in [0.4, 0.5) is 0 Å². The number of piperidine rings is 1. The molecular formula is C17H25NO2. The summed E-state index contributed by atoms with van der Waals surface area (Å²) in [7, 11) is 0. The van der Waals surface area contributed by atoms with Gasteiger partial charge in [-0.3, -0.25) is 0 Å². The Bertz CT molecular complexity index is 428. The minimum atomic E-state index is -0.614. The van der Waals surface area contributed by atoms with E-state index >= 15 is 0 Å². The normalized spacial score (nSPS) is 29.0. The average Bonchev–Trinajstić information content (AvgIpc) is 2.50. The monoisotopic (exact) mass is 275 g/mol. The van der Waals surface area contributed by atoms with Crippen molar-refractivity contribution in [2.45, 2.75) is 44.9 Å². The van der Waals surface area contributed by atoms with E-state index in [-0.39, 0.29) is 11.5 Å². The van der Waals surface area contributed by atoms with Crippen molar-refractivity contribution in [3.05, 3.63) is 35.9 Å². The molecule has 2 aliphatic heterocycles. The Kier molecular flexibility index (Phi) is 3.85. The first-order chi connectivity index (χ1) is 9.62. The predicted molar refractivity (Wildman–Crippen MR) is 79.4 cm³/mol. The van der Waals surface area contributed by atoms with Crippen LogP contribution in [0.3, 0.4) is 0 Å². The molecule has 0 bridgehead atoms. The van der Waals surface area contributed by atoms with E-state index in [9.17, 15) is 0 Å². The molecule has 2 fully saturated rings. The lowest BCUT2D eigenvalue weighted by atomic mass is 9.87. The molecule has 0 radical (unpaired) electrons. The highest BCUT2D eigenvalue weighted by Crippen LogP contribution is 2.41. The minimum Gasteiger partial charge on any atom is -0.344 e. The summed E-state index contributed by atoms with van der Waals surface area (Å²) in [5.41, 5.74) is 1.22. The van der Waals surface area contributed by atoms with Crippen LogP contribution in [0, 0.1) is 5.41 Å². The zero-order chi connectivity index (χ0) is 14.1. The van der Waals surface area contributed by atoms with Crippen LogP contribution in [0.5, 0.6) is 0 Å². The van der Waals surface area contributed by atoms with E-state index in [4.69, 9.17) is 9.47 Å². The summed E-state index contributed by atoms with van der Waals surface area (Å²) < 4.78 is 12.6. The Morgan fingerprint density at radius 2 is 1.75 bits per heavy atom. The molecule has 0 spiro atoms. The van der Waals surface area contributed by atoms with Gasteiger partial charge in [0.25, 0.3) is 0 Å². The van der Waals surface area contributed by atoms with Gasteiger partial charge in [-0.2, -0.15) is 0 Å². The van der Waals surface area contributed by atoms with Crippen molar-refractivity contribution in [2.24, 2.45) is 5.41 Å². The highest BCUT2D eigenvalue weighted by Gasteiger charge is 2.48. The van der Waals surface area contributed by atoms with Crippen molar-refractivity contribution in [2.75, 3.05) is 19.8 Å². The van der Waals surface area contributed by atoms with Crippen LogP contribution in [0.1, 0.15) is 38.7 Å². The maximum atomic E-state index is 6.32. The first-order valence-electron chi connectivity index (χ1n) is 7.69. The van der Waals surface area contributed by atoms with Crippen molar-refractivity contribution < 1.29 is 9.47 Å². The highest BCUT2D eigenvalue weighted by atomic mass is 16.7. The SMILES string of the molecule is CC1(C)COC(c2ccccc2)([C@@H]2CCCCN2)OC1. The number of benzene rings is 1. The third-order valence-electron chi connectivity index (χ3n) is 4.30. The van der Waals surface area contributed by atoms with Gasteiger partial charge in [-0.15, -0.1) is 0 Å². The molecule has 2 saturated heterocycles. The second kappa shape index (κ2) is 5.47. The summed E-state index contributed by atoms with van der Waals surface area (Å²) in [5.74, 6) is -0.614. The van der Waals surface area contributed by atoms with Crippen molar-refractivity contribution in [3.8, 4) is 0 Å². The summed E-state index contributed by atoms with van der Waals surface area (Å²) in [6.45, 7) is 6.90. The first-order valence-corrected chi connectivity index (χ1v) is 7.69. The fourth-order valence-corrected chi connectivity index (χ4v) is 3.10. The van der Waals surface area contributed by atoms with Gasteiger partial charge in [-0.05, 0) is 19.4 Å². The molecule has 1 aromatic carbocycles. The summed E-state index contributed by atoms with van der Waals surface area (Å²) in [6, 6.07) is 10.6. The number of rotatable bonds is 2. The lowest BCUT2D eigenvalue weighted by Gasteiger charge is -2.48. The minimum absolute atomic E-state index is 0.0902. The molecule has 3 rings (SSSR count). The quantitative estimate of drug-likeness (QED) is 0.900. The lowest BCUT2D eigenvalue weighted by Crippen LogP contribution is -2.58. The van der Waals surface area contributed by atoms with E-state index < -0.39 is 5.79 Å².